The molecule has 32 heavy (non-hydrogen) atoms. The second kappa shape index (κ2) is 8.47. The molecule has 0 saturated carbocycles. The average molecular weight is 447 g/mol. The Morgan fingerprint density at radius 2 is 1.91 bits per heavy atom. The van der Waals surface area contributed by atoms with Gasteiger partial charge in [-0.3, -0.25) is 19.6 Å². The molecule has 160 valence electrons. The van der Waals surface area contributed by atoms with E-state index in [2.05, 4.69) is 9.97 Å². The molecule has 0 bridgehead atoms. The Balaban J connectivity index is 1.62. The first kappa shape index (κ1) is 20.3. The SMILES string of the molecule is O=C(c1cncs1)N1CCc2c(cc(-c3ccccc3F)c(=O)n2Cc2ccncc2)C1. The first-order valence-electron chi connectivity index (χ1n) is 10.2. The summed E-state index contributed by atoms with van der Waals surface area (Å²) in [4.78, 5) is 36.7. The molecule has 3 aromatic heterocycles. The summed E-state index contributed by atoms with van der Waals surface area (Å²) < 4.78 is 16.3. The normalized spacial score (nSPS) is 13.1. The van der Waals surface area contributed by atoms with Crippen molar-refractivity contribution < 1.29 is 9.18 Å². The lowest BCUT2D eigenvalue weighted by Gasteiger charge is -2.31. The number of benzene rings is 1. The van der Waals surface area contributed by atoms with E-state index in [4.69, 9.17) is 0 Å². The Labute approximate surface area is 187 Å². The van der Waals surface area contributed by atoms with Crippen LogP contribution >= 0.6 is 11.3 Å². The van der Waals surface area contributed by atoms with Crippen molar-refractivity contribution >= 4 is 17.2 Å². The molecule has 5 rings (SSSR count). The van der Waals surface area contributed by atoms with Crippen LogP contribution in [0.1, 0.15) is 26.5 Å². The van der Waals surface area contributed by atoms with Crippen molar-refractivity contribution in [1.29, 1.82) is 0 Å². The van der Waals surface area contributed by atoms with Gasteiger partial charge in [0.1, 0.15) is 10.7 Å². The zero-order chi connectivity index (χ0) is 22.1. The molecule has 1 aliphatic heterocycles. The molecule has 1 amide bonds. The number of rotatable bonds is 4. The third-order valence-electron chi connectivity index (χ3n) is 5.65. The first-order valence-corrected chi connectivity index (χ1v) is 11.1. The van der Waals surface area contributed by atoms with Gasteiger partial charge >= 0.3 is 0 Å². The summed E-state index contributed by atoms with van der Waals surface area (Å²) in [7, 11) is 0. The number of fused-ring (bicyclic) bond motifs is 1. The lowest BCUT2D eigenvalue weighted by Crippen LogP contribution is -2.39. The molecule has 0 spiro atoms. The summed E-state index contributed by atoms with van der Waals surface area (Å²) in [6, 6.07) is 11.7. The number of nitrogens with zero attached hydrogens (tertiary/aromatic N) is 4. The van der Waals surface area contributed by atoms with Gasteiger partial charge in [-0.05, 0) is 35.4 Å². The fourth-order valence-corrected chi connectivity index (χ4v) is 4.67. The third-order valence-corrected chi connectivity index (χ3v) is 6.42. The van der Waals surface area contributed by atoms with Crippen LogP contribution in [0.4, 0.5) is 4.39 Å². The van der Waals surface area contributed by atoms with Gasteiger partial charge in [-0.15, -0.1) is 11.3 Å². The number of halogens is 1. The largest absolute Gasteiger partial charge is 0.333 e. The number of amides is 1. The number of aromatic nitrogens is 3. The van der Waals surface area contributed by atoms with E-state index in [1.54, 1.807) is 57.8 Å². The fourth-order valence-electron chi connectivity index (χ4n) is 4.08. The molecule has 0 radical (unpaired) electrons. The molecule has 8 heteroatoms. The van der Waals surface area contributed by atoms with Crippen molar-refractivity contribution in [3.05, 3.63) is 104 Å². The summed E-state index contributed by atoms with van der Waals surface area (Å²) in [5.41, 5.74) is 4.60. The van der Waals surface area contributed by atoms with E-state index in [-0.39, 0.29) is 17.0 Å². The maximum Gasteiger partial charge on any atom is 0.265 e. The number of thiazole rings is 1. The van der Waals surface area contributed by atoms with Gasteiger partial charge in [0.25, 0.3) is 11.5 Å². The van der Waals surface area contributed by atoms with Crippen LogP contribution in [-0.4, -0.2) is 31.9 Å². The monoisotopic (exact) mass is 446 g/mol. The van der Waals surface area contributed by atoms with Crippen LogP contribution in [-0.2, 0) is 19.5 Å². The zero-order valence-electron chi connectivity index (χ0n) is 17.1. The van der Waals surface area contributed by atoms with Gasteiger partial charge in [-0.25, -0.2) is 4.39 Å². The summed E-state index contributed by atoms with van der Waals surface area (Å²) in [5.74, 6) is -0.536. The highest BCUT2D eigenvalue weighted by atomic mass is 32.1. The van der Waals surface area contributed by atoms with E-state index in [0.717, 1.165) is 16.8 Å². The lowest BCUT2D eigenvalue weighted by atomic mass is 9.98. The molecule has 6 nitrogen and oxygen atoms in total. The fraction of sp³-hybridized carbons (Fsp3) is 0.167. The predicted octanol–water partition coefficient (Wildman–Crippen LogP) is 3.75. The molecule has 0 unspecified atom stereocenters. The minimum atomic E-state index is -0.451. The van der Waals surface area contributed by atoms with Crippen LogP contribution in [0, 0.1) is 5.82 Å². The Hall–Kier alpha value is -3.65. The molecule has 4 aromatic rings. The second-order valence-electron chi connectivity index (χ2n) is 7.60. The first-order chi connectivity index (χ1) is 15.6. The van der Waals surface area contributed by atoms with Crippen LogP contribution in [0.3, 0.4) is 0 Å². The predicted molar refractivity (Wildman–Crippen MR) is 120 cm³/mol. The van der Waals surface area contributed by atoms with Gasteiger partial charge in [-0.1, -0.05) is 18.2 Å². The quantitative estimate of drug-likeness (QED) is 0.479. The molecule has 0 N–H and O–H groups in total. The number of carbonyl (C=O) groups is 1. The van der Waals surface area contributed by atoms with Gasteiger partial charge in [0.15, 0.2) is 0 Å². The highest BCUT2D eigenvalue weighted by Gasteiger charge is 2.27. The number of carbonyl (C=O) groups excluding carboxylic acids is 1. The molecule has 0 fully saturated rings. The zero-order valence-corrected chi connectivity index (χ0v) is 17.9. The number of hydrogen-bond donors (Lipinski definition) is 0. The topological polar surface area (TPSA) is 68.1 Å². The highest BCUT2D eigenvalue weighted by Crippen LogP contribution is 2.27. The van der Waals surface area contributed by atoms with Gasteiger partial charge in [0.2, 0.25) is 0 Å². The average Bonchev–Trinajstić information content (AvgIpc) is 3.36. The second-order valence-corrected chi connectivity index (χ2v) is 8.49. The summed E-state index contributed by atoms with van der Waals surface area (Å²) in [6.07, 6.45) is 5.47. The van der Waals surface area contributed by atoms with E-state index in [9.17, 15) is 14.0 Å². The van der Waals surface area contributed by atoms with Crippen LogP contribution < -0.4 is 5.56 Å². The van der Waals surface area contributed by atoms with Crippen LogP contribution in [0.25, 0.3) is 11.1 Å². The third kappa shape index (κ3) is 3.73. The molecular formula is C24H19FN4O2S. The molecule has 0 saturated heterocycles. The number of hydrogen-bond acceptors (Lipinski definition) is 5. The van der Waals surface area contributed by atoms with E-state index in [0.29, 0.717) is 36.5 Å². The Morgan fingerprint density at radius 1 is 1.09 bits per heavy atom. The smallest absolute Gasteiger partial charge is 0.265 e. The van der Waals surface area contributed by atoms with Gasteiger partial charge < -0.3 is 9.47 Å². The molecular weight excluding hydrogens is 427 g/mol. The van der Waals surface area contributed by atoms with Crippen LogP contribution in [0.5, 0.6) is 0 Å². The summed E-state index contributed by atoms with van der Waals surface area (Å²) >= 11 is 1.30. The van der Waals surface area contributed by atoms with Crippen molar-refractivity contribution in [3.8, 4) is 11.1 Å². The molecule has 0 atom stereocenters. The van der Waals surface area contributed by atoms with Crippen LogP contribution in [0.15, 0.2) is 71.4 Å². The van der Waals surface area contributed by atoms with E-state index >= 15 is 0 Å². The Kier molecular flexibility index (Phi) is 5.36. The molecule has 1 aliphatic rings. The minimum absolute atomic E-state index is 0.0857. The Morgan fingerprint density at radius 3 is 2.66 bits per heavy atom. The summed E-state index contributed by atoms with van der Waals surface area (Å²) in [5, 5.41) is 0. The summed E-state index contributed by atoms with van der Waals surface area (Å²) in [6.45, 7) is 1.21. The maximum atomic E-state index is 14.6. The molecule has 4 heterocycles. The molecule has 1 aromatic carbocycles. The minimum Gasteiger partial charge on any atom is -0.333 e. The number of pyridine rings is 2. The van der Waals surface area contributed by atoms with E-state index < -0.39 is 5.82 Å². The van der Waals surface area contributed by atoms with E-state index in [1.807, 2.05) is 12.1 Å². The van der Waals surface area contributed by atoms with Gasteiger partial charge in [0.05, 0.1) is 23.8 Å². The van der Waals surface area contributed by atoms with Crippen LogP contribution in [0.2, 0.25) is 0 Å². The van der Waals surface area contributed by atoms with Crippen molar-refractivity contribution in [2.45, 2.75) is 19.5 Å². The van der Waals surface area contributed by atoms with E-state index in [1.165, 1.54) is 17.4 Å². The van der Waals surface area contributed by atoms with Crippen molar-refractivity contribution in [2.75, 3.05) is 6.54 Å². The molecule has 0 aliphatic carbocycles. The standard InChI is InChI=1S/C24H19FN4O2S/c25-20-4-2-1-3-18(20)19-11-17-14-28(24(31)22-12-27-15-32-22)10-7-21(17)29(23(19)30)13-16-5-8-26-9-6-16/h1-6,8-9,11-12,15H,7,10,13-14H2. The van der Waals surface area contributed by atoms with Gasteiger partial charge in [0, 0.05) is 43.2 Å². The maximum absolute atomic E-state index is 14.6. The van der Waals surface area contributed by atoms with Crippen molar-refractivity contribution in [3.63, 3.8) is 0 Å². The van der Waals surface area contributed by atoms with Gasteiger partial charge in [-0.2, -0.15) is 0 Å². The Bertz CT molecular complexity index is 1340. The highest BCUT2D eigenvalue weighted by molar-refractivity contribution is 7.11. The van der Waals surface area contributed by atoms with Crippen molar-refractivity contribution in [2.24, 2.45) is 0 Å². The lowest BCUT2D eigenvalue weighted by molar-refractivity contribution is 0.0737. The van der Waals surface area contributed by atoms with Crippen molar-refractivity contribution in [1.82, 2.24) is 19.4 Å².